The normalized spacial score (nSPS) is 21.7. The van der Waals surface area contributed by atoms with E-state index in [-0.39, 0.29) is 36.4 Å². The minimum atomic E-state index is -0.973. The maximum Gasteiger partial charge on any atom is 0.254 e. The third-order valence-electron chi connectivity index (χ3n) is 6.47. The van der Waals surface area contributed by atoms with E-state index in [4.69, 9.17) is 5.41 Å². The van der Waals surface area contributed by atoms with Crippen molar-refractivity contribution in [3.63, 3.8) is 0 Å². The van der Waals surface area contributed by atoms with Crippen LogP contribution in [0.2, 0.25) is 0 Å². The highest BCUT2D eigenvalue weighted by atomic mass is 32.1. The zero-order valence-electron chi connectivity index (χ0n) is 18.2. The van der Waals surface area contributed by atoms with E-state index in [9.17, 15) is 19.2 Å². The number of guanidine groups is 1. The van der Waals surface area contributed by atoms with Crippen molar-refractivity contribution in [2.45, 2.75) is 5.54 Å². The van der Waals surface area contributed by atoms with Gasteiger partial charge in [-0.2, -0.15) is 5.26 Å². The van der Waals surface area contributed by atoms with Crippen molar-refractivity contribution in [2.24, 2.45) is 5.92 Å². The predicted molar refractivity (Wildman–Crippen MR) is 126 cm³/mol. The Morgan fingerprint density at radius 3 is 2.79 bits per heavy atom. The fourth-order valence-corrected chi connectivity index (χ4v) is 5.79. The van der Waals surface area contributed by atoms with Gasteiger partial charge in [0.15, 0.2) is 5.96 Å². The van der Waals surface area contributed by atoms with Crippen LogP contribution >= 0.6 is 11.3 Å². The van der Waals surface area contributed by atoms with Gasteiger partial charge in [0.25, 0.3) is 5.91 Å². The quantitative estimate of drug-likeness (QED) is 0.609. The van der Waals surface area contributed by atoms with E-state index in [1.807, 2.05) is 23.6 Å². The van der Waals surface area contributed by atoms with Crippen molar-refractivity contribution >= 4 is 29.1 Å². The molecule has 2 amide bonds. The highest BCUT2D eigenvalue weighted by Gasteiger charge is 2.57. The number of halogens is 1. The minimum absolute atomic E-state index is 0.0391. The Bertz CT molecular complexity index is 1380. The molecule has 170 valence electrons. The maximum absolute atomic E-state index is 13.7. The summed E-state index contributed by atoms with van der Waals surface area (Å²) in [6.45, 7) is 0.309. The summed E-state index contributed by atoms with van der Waals surface area (Å²) in [6.07, 6.45) is 0. The molecule has 3 heterocycles. The smallest absolute Gasteiger partial charge is 0.254 e. The lowest BCUT2D eigenvalue weighted by atomic mass is 9.82. The second-order valence-corrected chi connectivity index (χ2v) is 9.39. The zero-order chi connectivity index (χ0) is 24.0. The molecule has 7 nitrogen and oxygen atoms in total. The van der Waals surface area contributed by atoms with Crippen molar-refractivity contribution in [3.8, 4) is 17.2 Å². The summed E-state index contributed by atoms with van der Waals surface area (Å²) in [5, 5.41) is 22.7. The summed E-state index contributed by atoms with van der Waals surface area (Å²) in [4.78, 5) is 30.1. The van der Waals surface area contributed by atoms with Crippen LogP contribution < -0.4 is 5.32 Å². The van der Waals surface area contributed by atoms with Gasteiger partial charge in [-0.3, -0.25) is 19.9 Å². The SMILES string of the molecule is CN1C(=N)N[C@@]2(c3cc(-c4cccc(C#N)c4)cs3)CN(C(=O)c3cccc(F)c3)CC2C1=O. The zero-order valence-corrected chi connectivity index (χ0v) is 19.0. The van der Waals surface area contributed by atoms with Crippen LogP contribution in [0.15, 0.2) is 60.0 Å². The summed E-state index contributed by atoms with van der Waals surface area (Å²) >= 11 is 1.44. The summed E-state index contributed by atoms with van der Waals surface area (Å²) in [5.41, 5.74) is 1.54. The van der Waals surface area contributed by atoms with Crippen molar-refractivity contribution in [1.82, 2.24) is 15.1 Å². The van der Waals surface area contributed by atoms with E-state index in [2.05, 4.69) is 11.4 Å². The van der Waals surface area contributed by atoms with Gasteiger partial charge in [0.05, 0.1) is 17.6 Å². The number of thiophene rings is 1. The Labute approximate surface area is 199 Å². The van der Waals surface area contributed by atoms with Crippen molar-refractivity contribution < 1.29 is 14.0 Å². The number of amides is 2. The molecule has 2 aromatic carbocycles. The molecule has 0 bridgehead atoms. The van der Waals surface area contributed by atoms with E-state index in [0.29, 0.717) is 5.56 Å². The molecule has 2 aliphatic heterocycles. The second-order valence-electron chi connectivity index (χ2n) is 8.48. The molecule has 2 aliphatic rings. The van der Waals surface area contributed by atoms with Crippen molar-refractivity contribution in [1.29, 1.82) is 10.7 Å². The number of rotatable bonds is 3. The lowest BCUT2D eigenvalue weighted by molar-refractivity contribution is -0.134. The van der Waals surface area contributed by atoms with Gasteiger partial charge in [0.2, 0.25) is 5.91 Å². The Kier molecular flexibility index (Phi) is 5.18. The van der Waals surface area contributed by atoms with Gasteiger partial charge >= 0.3 is 0 Å². The molecule has 2 fully saturated rings. The average molecular weight is 474 g/mol. The number of likely N-dealkylation sites (tertiary alicyclic amines) is 1. The van der Waals surface area contributed by atoms with Gasteiger partial charge in [-0.05, 0) is 52.9 Å². The maximum atomic E-state index is 13.7. The number of hydrogen-bond acceptors (Lipinski definition) is 5. The summed E-state index contributed by atoms with van der Waals surface area (Å²) in [6, 6.07) is 16.8. The molecule has 34 heavy (non-hydrogen) atoms. The minimum Gasteiger partial charge on any atom is -0.343 e. The Morgan fingerprint density at radius 2 is 2.03 bits per heavy atom. The average Bonchev–Trinajstić information content (AvgIpc) is 3.49. The molecule has 2 N–H and O–H groups in total. The molecule has 1 unspecified atom stereocenters. The first kappa shape index (κ1) is 21.8. The van der Waals surface area contributed by atoms with Gasteiger partial charge < -0.3 is 10.2 Å². The molecule has 3 aromatic rings. The fourth-order valence-electron chi connectivity index (χ4n) is 4.67. The monoisotopic (exact) mass is 473 g/mol. The molecule has 5 rings (SSSR count). The number of fused-ring (bicyclic) bond motifs is 1. The summed E-state index contributed by atoms with van der Waals surface area (Å²) in [5.74, 6) is -1.77. The first-order chi connectivity index (χ1) is 16.3. The fraction of sp³-hybridized carbons (Fsp3) is 0.200. The number of benzene rings is 2. The van der Waals surface area contributed by atoms with Crippen LogP contribution in [0.1, 0.15) is 20.8 Å². The number of carbonyl (C=O) groups is 2. The van der Waals surface area contributed by atoms with Crippen LogP contribution in [-0.4, -0.2) is 47.7 Å². The number of carbonyl (C=O) groups excluding carboxylic acids is 2. The highest BCUT2D eigenvalue weighted by molar-refractivity contribution is 7.10. The number of hydrogen-bond donors (Lipinski definition) is 2. The van der Waals surface area contributed by atoms with E-state index in [0.717, 1.165) is 16.0 Å². The van der Waals surface area contributed by atoms with E-state index >= 15 is 0 Å². The van der Waals surface area contributed by atoms with E-state index < -0.39 is 17.3 Å². The van der Waals surface area contributed by atoms with Crippen molar-refractivity contribution in [3.05, 3.63) is 81.8 Å². The Morgan fingerprint density at radius 1 is 1.24 bits per heavy atom. The van der Waals surface area contributed by atoms with E-state index in [1.54, 1.807) is 23.1 Å². The predicted octanol–water partition coefficient (Wildman–Crippen LogP) is 3.39. The van der Waals surface area contributed by atoms with Gasteiger partial charge in [-0.1, -0.05) is 18.2 Å². The lowest BCUT2D eigenvalue weighted by Crippen LogP contribution is -2.64. The molecule has 2 saturated heterocycles. The lowest BCUT2D eigenvalue weighted by Gasteiger charge is -2.42. The Balaban J connectivity index is 1.55. The van der Waals surface area contributed by atoms with Gasteiger partial charge in [-0.25, -0.2) is 4.39 Å². The Hall–Kier alpha value is -4.03. The molecular weight excluding hydrogens is 453 g/mol. The summed E-state index contributed by atoms with van der Waals surface area (Å²) in [7, 11) is 1.53. The molecule has 2 atom stereocenters. The molecule has 1 aromatic heterocycles. The molecule has 0 aliphatic carbocycles. The highest BCUT2D eigenvalue weighted by Crippen LogP contribution is 2.44. The molecule has 0 spiro atoms. The standard InChI is InChI=1S/C25H20FN5O2S/c1-30-23(33)20-12-31(22(32)17-6-3-7-19(26)9-17)14-25(20,29-24(30)28)21-10-18(13-34-21)16-5-2-4-15(8-16)11-27/h2-10,13,20H,12,14H2,1H3,(H2,28,29)/t20?,25-/m0/s1. The van der Waals surface area contributed by atoms with Crippen LogP contribution in [0.3, 0.4) is 0 Å². The first-order valence-electron chi connectivity index (χ1n) is 10.6. The molecular formula is C25H20FN5O2S. The summed E-state index contributed by atoms with van der Waals surface area (Å²) < 4.78 is 13.7. The third-order valence-corrected chi connectivity index (χ3v) is 7.57. The number of nitriles is 1. The van der Waals surface area contributed by atoms with Gasteiger partial charge in [-0.15, -0.1) is 11.3 Å². The van der Waals surface area contributed by atoms with Gasteiger partial charge in [0.1, 0.15) is 11.4 Å². The number of nitrogens with zero attached hydrogens (tertiary/aromatic N) is 3. The van der Waals surface area contributed by atoms with Gasteiger partial charge in [0, 0.05) is 30.6 Å². The second kappa shape index (κ2) is 8.08. The first-order valence-corrected chi connectivity index (χ1v) is 11.5. The van der Waals surface area contributed by atoms with Crippen molar-refractivity contribution in [2.75, 3.05) is 20.1 Å². The topological polar surface area (TPSA) is 100 Å². The molecule has 9 heteroatoms. The van der Waals surface area contributed by atoms with Crippen LogP contribution in [0.5, 0.6) is 0 Å². The van der Waals surface area contributed by atoms with Crippen LogP contribution in [0, 0.1) is 28.5 Å². The van der Waals surface area contributed by atoms with E-state index in [1.165, 1.54) is 41.5 Å². The van der Waals surface area contributed by atoms with Crippen LogP contribution in [0.4, 0.5) is 4.39 Å². The molecule has 0 saturated carbocycles. The van der Waals surface area contributed by atoms with Crippen LogP contribution in [-0.2, 0) is 10.3 Å². The third kappa shape index (κ3) is 3.43. The largest absolute Gasteiger partial charge is 0.343 e. The molecule has 0 radical (unpaired) electrons. The van der Waals surface area contributed by atoms with Crippen LogP contribution in [0.25, 0.3) is 11.1 Å². The number of nitrogens with one attached hydrogen (secondary N) is 2.